The Balaban J connectivity index is 1.72. The maximum atomic E-state index is 12.1. The third kappa shape index (κ3) is 4.65. The summed E-state index contributed by atoms with van der Waals surface area (Å²) in [6, 6.07) is 13.9. The van der Waals surface area contributed by atoms with Crippen LogP contribution in [0, 0.1) is 0 Å². The predicted octanol–water partition coefficient (Wildman–Crippen LogP) is 3.73. The van der Waals surface area contributed by atoms with E-state index in [0.29, 0.717) is 15.8 Å². The molecule has 0 spiro atoms. The zero-order valence-corrected chi connectivity index (χ0v) is 15.8. The first-order valence-corrected chi connectivity index (χ1v) is 10.2. The van der Waals surface area contributed by atoms with Gasteiger partial charge in [-0.3, -0.25) is 0 Å². The molecule has 2 aromatic carbocycles. The monoisotopic (exact) mass is 401 g/mol. The average Bonchev–Trinajstić information content (AvgIpc) is 3.00. The second kappa shape index (κ2) is 7.51. The van der Waals surface area contributed by atoms with E-state index in [9.17, 15) is 8.42 Å². The highest BCUT2D eigenvalue weighted by atomic mass is 35.5. The number of hydrogen-bond acceptors (Lipinski definition) is 4. The van der Waals surface area contributed by atoms with E-state index in [2.05, 4.69) is 0 Å². The van der Waals surface area contributed by atoms with E-state index in [1.54, 1.807) is 48.5 Å². The van der Waals surface area contributed by atoms with Gasteiger partial charge < -0.3 is 9.47 Å². The number of nitrogens with zero attached hydrogens (tertiary/aromatic N) is 1. The van der Waals surface area contributed by atoms with Crippen LogP contribution in [0.15, 0.2) is 48.5 Å². The lowest BCUT2D eigenvalue weighted by molar-refractivity contribution is 0.00132. The molecule has 1 aliphatic heterocycles. The van der Waals surface area contributed by atoms with Crippen LogP contribution in [-0.2, 0) is 14.8 Å². The molecule has 0 bridgehead atoms. The standard InChI is InChI=1S/C17H17Cl2NO4S/c1-25(21,22)20-10-16(11-23-15-8-6-14(19)7-9-15)24-17(20)12-2-4-13(18)5-3-12/h2-9,16-17H,10-11H2,1H3/t16-,17+/m0/s1. The fourth-order valence-electron chi connectivity index (χ4n) is 2.58. The van der Waals surface area contributed by atoms with Crippen LogP contribution in [0.5, 0.6) is 5.75 Å². The van der Waals surface area contributed by atoms with E-state index in [0.717, 1.165) is 5.56 Å². The summed E-state index contributed by atoms with van der Waals surface area (Å²) in [7, 11) is -3.43. The number of halogens is 2. The van der Waals surface area contributed by atoms with E-state index < -0.39 is 16.3 Å². The SMILES string of the molecule is CS(=O)(=O)N1C[C@@H](COc2ccc(Cl)cc2)O[C@@H]1c1ccc(Cl)cc1. The summed E-state index contributed by atoms with van der Waals surface area (Å²) in [4.78, 5) is 0. The van der Waals surface area contributed by atoms with E-state index in [-0.39, 0.29) is 19.3 Å². The molecule has 1 saturated heterocycles. The minimum Gasteiger partial charge on any atom is -0.491 e. The van der Waals surface area contributed by atoms with Crippen molar-refractivity contribution in [2.45, 2.75) is 12.3 Å². The van der Waals surface area contributed by atoms with Gasteiger partial charge in [-0.2, -0.15) is 4.31 Å². The molecule has 0 radical (unpaired) electrons. The van der Waals surface area contributed by atoms with E-state index in [4.69, 9.17) is 32.7 Å². The molecule has 134 valence electrons. The third-order valence-electron chi connectivity index (χ3n) is 3.80. The Labute approximate surface area is 157 Å². The van der Waals surface area contributed by atoms with Crippen LogP contribution in [0.4, 0.5) is 0 Å². The maximum absolute atomic E-state index is 12.1. The summed E-state index contributed by atoms with van der Waals surface area (Å²) in [6.07, 6.45) is 0.0963. The summed E-state index contributed by atoms with van der Waals surface area (Å²) in [5.74, 6) is 0.647. The topological polar surface area (TPSA) is 55.8 Å². The molecule has 2 aromatic rings. The molecule has 3 rings (SSSR count). The lowest BCUT2D eigenvalue weighted by Crippen LogP contribution is -2.31. The molecule has 0 N–H and O–H groups in total. The van der Waals surface area contributed by atoms with Gasteiger partial charge in [0, 0.05) is 16.6 Å². The molecular weight excluding hydrogens is 385 g/mol. The van der Waals surface area contributed by atoms with Crippen molar-refractivity contribution in [1.82, 2.24) is 4.31 Å². The van der Waals surface area contributed by atoms with Crippen LogP contribution >= 0.6 is 23.2 Å². The van der Waals surface area contributed by atoms with Gasteiger partial charge >= 0.3 is 0 Å². The van der Waals surface area contributed by atoms with Gasteiger partial charge in [0.2, 0.25) is 10.0 Å². The van der Waals surface area contributed by atoms with E-state index >= 15 is 0 Å². The third-order valence-corrected chi connectivity index (χ3v) is 5.49. The van der Waals surface area contributed by atoms with E-state index in [1.807, 2.05) is 0 Å². The predicted molar refractivity (Wildman–Crippen MR) is 97.6 cm³/mol. The summed E-state index contributed by atoms with van der Waals surface area (Å²) in [5, 5.41) is 1.20. The molecule has 1 heterocycles. The fraction of sp³-hybridized carbons (Fsp3) is 0.294. The van der Waals surface area contributed by atoms with Gasteiger partial charge in [0.25, 0.3) is 0 Å². The molecular formula is C17H17Cl2NO4S. The minimum atomic E-state index is -3.43. The van der Waals surface area contributed by atoms with Gasteiger partial charge in [0.05, 0.1) is 6.26 Å². The maximum Gasteiger partial charge on any atom is 0.213 e. The molecule has 1 aliphatic rings. The Hall–Kier alpha value is -1.31. The largest absolute Gasteiger partial charge is 0.491 e. The Morgan fingerprint density at radius 1 is 1.08 bits per heavy atom. The Bertz CT molecular complexity index is 825. The van der Waals surface area contributed by atoms with Crippen molar-refractivity contribution in [2.75, 3.05) is 19.4 Å². The molecule has 1 fully saturated rings. The number of hydrogen-bond donors (Lipinski definition) is 0. The Kier molecular flexibility index (Phi) is 5.55. The van der Waals surface area contributed by atoms with Crippen molar-refractivity contribution in [1.29, 1.82) is 0 Å². The minimum absolute atomic E-state index is 0.222. The van der Waals surface area contributed by atoms with Crippen LogP contribution in [0.2, 0.25) is 10.0 Å². The Morgan fingerprint density at radius 2 is 1.64 bits per heavy atom. The highest BCUT2D eigenvalue weighted by Gasteiger charge is 2.39. The zero-order chi connectivity index (χ0) is 18.0. The van der Waals surface area contributed by atoms with Gasteiger partial charge in [-0.05, 0) is 42.0 Å². The summed E-state index contributed by atoms with van der Waals surface area (Å²) in [6.45, 7) is 0.456. The van der Waals surface area contributed by atoms with Crippen molar-refractivity contribution < 1.29 is 17.9 Å². The zero-order valence-electron chi connectivity index (χ0n) is 13.4. The van der Waals surface area contributed by atoms with E-state index in [1.165, 1.54) is 10.6 Å². The lowest BCUT2D eigenvalue weighted by atomic mass is 10.2. The summed E-state index contributed by atoms with van der Waals surface area (Å²) < 4.78 is 37.1. The second-order valence-electron chi connectivity index (χ2n) is 5.76. The van der Waals surface area contributed by atoms with Crippen molar-refractivity contribution in [3.63, 3.8) is 0 Å². The van der Waals surface area contributed by atoms with Gasteiger partial charge in [-0.1, -0.05) is 35.3 Å². The summed E-state index contributed by atoms with van der Waals surface area (Å²) >= 11 is 11.7. The molecule has 0 saturated carbocycles. The van der Waals surface area contributed by atoms with Crippen LogP contribution in [0.1, 0.15) is 11.8 Å². The fourth-order valence-corrected chi connectivity index (χ4v) is 3.79. The highest BCUT2D eigenvalue weighted by Crippen LogP contribution is 2.33. The van der Waals surface area contributed by atoms with Crippen LogP contribution in [0.25, 0.3) is 0 Å². The molecule has 5 nitrogen and oxygen atoms in total. The first kappa shape index (κ1) is 18.5. The number of rotatable bonds is 5. The normalized spacial score (nSPS) is 21.4. The molecule has 2 atom stereocenters. The van der Waals surface area contributed by atoms with Crippen LogP contribution in [0.3, 0.4) is 0 Å². The average molecular weight is 402 g/mol. The smallest absolute Gasteiger partial charge is 0.213 e. The molecule has 8 heteroatoms. The van der Waals surface area contributed by atoms with Gasteiger partial charge in [-0.15, -0.1) is 0 Å². The molecule has 0 aromatic heterocycles. The van der Waals surface area contributed by atoms with Crippen molar-refractivity contribution in [2.24, 2.45) is 0 Å². The molecule has 0 aliphatic carbocycles. The van der Waals surface area contributed by atoms with Gasteiger partial charge in [0.15, 0.2) is 0 Å². The van der Waals surface area contributed by atoms with Gasteiger partial charge in [0.1, 0.15) is 24.7 Å². The first-order chi connectivity index (χ1) is 11.8. The lowest BCUT2D eigenvalue weighted by Gasteiger charge is -2.20. The van der Waals surface area contributed by atoms with Gasteiger partial charge in [-0.25, -0.2) is 8.42 Å². The second-order valence-corrected chi connectivity index (χ2v) is 8.57. The Morgan fingerprint density at radius 3 is 2.20 bits per heavy atom. The van der Waals surface area contributed by atoms with Crippen molar-refractivity contribution >= 4 is 33.2 Å². The number of ether oxygens (including phenoxy) is 2. The number of sulfonamides is 1. The van der Waals surface area contributed by atoms with Crippen LogP contribution < -0.4 is 4.74 Å². The molecule has 0 amide bonds. The quantitative estimate of drug-likeness (QED) is 0.765. The molecule has 25 heavy (non-hydrogen) atoms. The number of benzene rings is 2. The van der Waals surface area contributed by atoms with Crippen molar-refractivity contribution in [3.8, 4) is 5.75 Å². The van der Waals surface area contributed by atoms with Crippen LogP contribution in [-0.4, -0.2) is 38.2 Å². The van der Waals surface area contributed by atoms with Crippen molar-refractivity contribution in [3.05, 3.63) is 64.1 Å². The summed E-state index contributed by atoms with van der Waals surface area (Å²) in [5.41, 5.74) is 0.726. The highest BCUT2D eigenvalue weighted by molar-refractivity contribution is 7.88. The first-order valence-electron chi connectivity index (χ1n) is 7.59. The molecule has 0 unspecified atom stereocenters.